The van der Waals surface area contributed by atoms with E-state index in [0.717, 1.165) is 0 Å². The molecule has 15 amide bonds. The number of nitrogens with one attached hydrogen (secondary N) is 13. The van der Waals surface area contributed by atoms with Crippen LogP contribution in [0.15, 0.2) is 48.5 Å². The molecule has 128 heavy (non-hydrogen) atoms. The first kappa shape index (κ1) is 108. The molecule has 0 aliphatic carbocycles. The highest BCUT2D eigenvalue weighted by Gasteiger charge is 2.45. The Balaban J connectivity index is 1.67. The van der Waals surface area contributed by atoms with Gasteiger partial charge in [-0.15, -0.1) is 0 Å². The number of fused-ring (bicyclic) bond motifs is 2. The van der Waals surface area contributed by atoms with Crippen molar-refractivity contribution in [1.82, 2.24) is 78.9 Å². The van der Waals surface area contributed by atoms with E-state index < -0.39 is 197 Å². The number of rotatable bonds is 33. The summed E-state index contributed by atoms with van der Waals surface area (Å²) in [4.78, 5) is 228. The zero-order chi connectivity index (χ0) is 95.0. The normalized spacial score (nSPS) is 25.5. The molecule has 3 fully saturated rings. The number of hydrogen-bond acceptors (Lipinski definition) is 22. The third-order valence-electron chi connectivity index (χ3n) is 23.3. The van der Waals surface area contributed by atoms with Gasteiger partial charge in [0.15, 0.2) is 0 Å². The van der Waals surface area contributed by atoms with Crippen molar-refractivity contribution in [2.75, 3.05) is 45.8 Å². The third kappa shape index (κ3) is 35.7. The fraction of sp³-hybridized carbons (Fsp3) is 0.703. The lowest BCUT2D eigenvalue weighted by atomic mass is 9.98. The highest BCUT2D eigenvalue weighted by atomic mass is 16.3. The molecule has 37 nitrogen and oxygen atoms in total. The minimum absolute atomic E-state index is 0.00777. The number of phenols is 2. The molecule has 5 rings (SSSR count). The lowest BCUT2D eigenvalue weighted by Crippen LogP contribution is -2.62. The minimum atomic E-state index is -1.43. The Morgan fingerprint density at radius 1 is 0.281 bits per heavy atom. The van der Waals surface area contributed by atoms with Crippen molar-refractivity contribution < 1.29 is 82.1 Å². The van der Waals surface area contributed by atoms with E-state index in [0.29, 0.717) is 88.2 Å². The van der Waals surface area contributed by atoms with Crippen LogP contribution in [0.4, 0.5) is 0 Å². The summed E-state index contributed by atoms with van der Waals surface area (Å²) >= 11 is 0. The number of aromatic hydroxyl groups is 2. The molecule has 0 radical (unpaired) electrons. The number of phenolic OH excluding ortho intramolecular Hbond substituents is 2. The molecule has 15 atom stereocenters. The van der Waals surface area contributed by atoms with E-state index in [-0.39, 0.29) is 152 Å². The van der Waals surface area contributed by atoms with Gasteiger partial charge in [-0.1, -0.05) is 107 Å². The van der Waals surface area contributed by atoms with Crippen molar-refractivity contribution in [3.05, 3.63) is 59.7 Å². The molecule has 3 aliphatic heterocycles. The van der Waals surface area contributed by atoms with Crippen molar-refractivity contribution in [1.29, 1.82) is 0 Å². The van der Waals surface area contributed by atoms with Crippen LogP contribution < -0.4 is 97.8 Å². The van der Waals surface area contributed by atoms with E-state index in [1.54, 1.807) is 65.8 Å². The standard InChI is InChI=1S/C91H152N20O17/c1-52(2)47-67-82(119)97-65(28-16-21-43-95)80(117)108-75(56(9)10)88(125)101-64(27-15-20-42-94)79(116)105-70(50-58-32-36-60(112)37-33-58)90(127)110-45-23-30-72(110)85(122)104-69(49-54(5)6)83(120)98-66(29-17-22-44-96)81(118)107-74(55(7)8)87(124)99-62(25-13-18-40-92)78(115)103-68(48-53(3)4)84(121)106-71(51-59-34-38-61(113)39-35-59)91(128)111-46-24-31-73(111)86(123)109-76(57(11)12)89(126)100-63(77(114)102-67)26-14-19-41-93/h32-39,52-57,62-76,112-113H,13-31,40-51,92-96H2,1-12H3,(H,97,119)(H,98,120)(H,99,124)(H,100,126)(H,101,125)(H,102,114)(H,103,115)(H,104,122)(H,105,116)(H,106,121)(H,107,118)(H,108,117)(H,109,123)/t62-,63-,64-,65-,66-,67-,68-,69-,70+,71+,72-,73-,74-,75-,76-/m0/s1. The predicted octanol–water partition coefficient (Wildman–Crippen LogP) is 0.932. The summed E-state index contributed by atoms with van der Waals surface area (Å²) in [7, 11) is 0. The van der Waals surface area contributed by atoms with Crippen LogP contribution in [0.3, 0.4) is 0 Å². The molecule has 0 aromatic heterocycles. The molecule has 0 saturated carbocycles. The molecule has 3 saturated heterocycles. The maximum atomic E-state index is 15.4. The molecule has 2 aromatic carbocycles. The average molecular weight is 1800 g/mol. The van der Waals surface area contributed by atoms with E-state index in [4.69, 9.17) is 28.7 Å². The summed E-state index contributed by atoms with van der Waals surface area (Å²) in [5.74, 6) is -14.5. The van der Waals surface area contributed by atoms with Crippen LogP contribution in [0.25, 0.3) is 0 Å². The Hall–Kier alpha value is -10.1. The highest BCUT2D eigenvalue weighted by Crippen LogP contribution is 2.26. The summed E-state index contributed by atoms with van der Waals surface area (Å²) in [6.45, 7) is 22.1. The topological polar surface area (TPSA) is 589 Å². The fourth-order valence-corrected chi connectivity index (χ4v) is 16.1. The Morgan fingerprint density at radius 3 is 0.742 bits per heavy atom. The fourth-order valence-electron chi connectivity index (χ4n) is 16.1. The maximum absolute atomic E-state index is 15.4. The predicted molar refractivity (Wildman–Crippen MR) is 486 cm³/mol. The summed E-state index contributed by atoms with van der Waals surface area (Å²) in [6.07, 6.45) is 4.32. The Kier molecular flexibility index (Phi) is 47.2. The molecule has 3 heterocycles. The summed E-state index contributed by atoms with van der Waals surface area (Å²) < 4.78 is 0. The van der Waals surface area contributed by atoms with Crippen molar-refractivity contribution >= 4 is 88.6 Å². The Labute approximate surface area is 755 Å². The van der Waals surface area contributed by atoms with Crippen LogP contribution in [-0.4, -0.2) is 245 Å². The van der Waals surface area contributed by atoms with Crippen molar-refractivity contribution in [3.63, 3.8) is 0 Å². The molecule has 25 N–H and O–H groups in total. The molecule has 2 aromatic rings. The van der Waals surface area contributed by atoms with E-state index in [1.807, 2.05) is 41.5 Å². The second-order valence-corrected chi connectivity index (χ2v) is 36.7. The van der Waals surface area contributed by atoms with Gasteiger partial charge >= 0.3 is 0 Å². The smallest absolute Gasteiger partial charge is 0.246 e. The van der Waals surface area contributed by atoms with E-state index >= 15 is 19.2 Å². The molecule has 37 heteroatoms. The largest absolute Gasteiger partial charge is 0.508 e. The van der Waals surface area contributed by atoms with E-state index in [1.165, 1.54) is 34.1 Å². The quantitative estimate of drug-likeness (QED) is 0.0442. The highest BCUT2D eigenvalue weighted by molar-refractivity contribution is 6.02. The number of nitrogens with zero attached hydrogens (tertiary/aromatic N) is 2. The Morgan fingerprint density at radius 2 is 0.492 bits per heavy atom. The number of benzene rings is 2. The van der Waals surface area contributed by atoms with Crippen molar-refractivity contribution in [3.8, 4) is 11.5 Å². The zero-order valence-electron chi connectivity index (χ0n) is 77.5. The van der Waals surface area contributed by atoms with Gasteiger partial charge in [0.1, 0.15) is 102 Å². The minimum Gasteiger partial charge on any atom is -0.508 e. The monoisotopic (exact) mass is 1800 g/mol. The van der Waals surface area contributed by atoms with Gasteiger partial charge in [-0.05, 0) is 245 Å². The van der Waals surface area contributed by atoms with Crippen LogP contribution in [0.2, 0.25) is 0 Å². The molecule has 718 valence electrons. The van der Waals surface area contributed by atoms with Crippen molar-refractivity contribution in [2.45, 2.75) is 328 Å². The first-order valence-corrected chi connectivity index (χ1v) is 46.4. The summed E-state index contributed by atoms with van der Waals surface area (Å²) in [6, 6.07) is -8.19. The van der Waals surface area contributed by atoms with Crippen LogP contribution in [0.1, 0.15) is 235 Å². The van der Waals surface area contributed by atoms with Gasteiger partial charge in [-0.2, -0.15) is 0 Å². The van der Waals surface area contributed by atoms with Gasteiger partial charge in [0.05, 0.1) is 0 Å². The molecule has 3 aliphatic rings. The van der Waals surface area contributed by atoms with Gasteiger partial charge in [0.2, 0.25) is 88.6 Å². The van der Waals surface area contributed by atoms with Gasteiger partial charge < -0.3 is 118 Å². The second kappa shape index (κ2) is 55.7. The van der Waals surface area contributed by atoms with Crippen LogP contribution in [-0.2, 0) is 84.8 Å². The number of carbonyl (C=O) groups excluding carboxylic acids is 15. The van der Waals surface area contributed by atoms with Gasteiger partial charge in [0.25, 0.3) is 0 Å². The van der Waals surface area contributed by atoms with E-state index in [9.17, 15) is 63.0 Å². The van der Waals surface area contributed by atoms with Gasteiger partial charge in [-0.3, -0.25) is 71.9 Å². The molecular formula is C91H152N20O17. The third-order valence-corrected chi connectivity index (χ3v) is 23.3. The average Bonchev–Trinajstić information content (AvgIpc) is 1.69. The summed E-state index contributed by atoms with van der Waals surface area (Å²) in [5, 5.41) is 57.6. The molecule has 0 unspecified atom stereocenters. The maximum Gasteiger partial charge on any atom is 0.246 e. The molecule has 0 spiro atoms. The van der Waals surface area contributed by atoms with Crippen LogP contribution in [0.5, 0.6) is 11.5 Å². The van der Waals surface area contributed by atoms with Gasteiger partial charge in [-0.25, -0.2) is 0 Å². The molecule has 0 bridgehead atoms. The lowest BCUT2D eigenvalue weighted by molar-refractivity contribution is -0.143. The number of amides is 15. The summed E-state index contributed by atoms with van der Waals surface area (Å²) in [5.41, 5.74) is 30.7. The van der Waals surface area contributed by atoms with Crippen LogP contribution >= 0.6 is 0 Å². The first-order chi connectivity index (χ1) is 60.7. The van der Waals surface area contributed by atoms with Gasteiger partial charge in [0, 0.05) is 25.9 Å². The van der Waals surface area contributed by atoms with E-state index in [2.05, 4.69) is 69.1 Å². The number of hydrogen-bond donors (Lipinski definition) is 20. The Bertz CT molecular complexity index is 3930. The first-order valence-electron chi connectivity index (χ1n) is 46.4. The van der Waals surface area contributed by atoms with Crippen molar-refractivity contribution in [2.24, 2.45) is 64.2 Å². The van der Waals surface area contributed by atoms with Crippen LogP contribution in [0, 0.1) is 35.5 Å². The molecular weight excluding hydrogens is 1650 g/mol. The number of unbranched alkanes of at least 4 members (excludes halogenated alkanes) is 5. The number of nitrogens with two attached hydrogens (primary N) is 5. The second-order valence-electron chi connectivity index (χ2n) is 36.7. The lowest BCUT2D eigenvalue weighted by Gasteiger charge is -2.32. The zero-order valence-corrected chi connectivity index (χ0v) is 77.5. The SMILES string of the molecule is CC(C)C[C@@H]1NC(=O)[C@H](CCCCN)NC(=O)[C@H](C(C)C)NC(=O)[C@@H]2CCCN2C(=O)[C@@H](Cc2ccc(O)cc2)NC(=O)[C@H](CC(C)C)NC(=O)[C@H](CCCCN)NC(=O)[C@H](C(C)C)NC(=O)[C@H](CCCCN)NC(=O)[C@H](CC(C)C)NC(=O)[C@@H]2CCCN2C(=O)[C@@H](Cc2ccc(O)cc2)NC(=O)[C@H](CCCCN)NC(=O)[C@H](C(C)C)NC(=O)[C@H](CCCCN)NC1=O. The number of carbonyl (C=O) groups is 15.